The first-order valence-electron chi connectivity index (χ1n) is 12.6. The van der Waals surface area contributed by atoms with E-state index >= 15 is 0 Å². The second-order valence-electron chi connectivity index (χ2n) is 9.28. The van der Waals surface area contributed by atoms with E-state index < -0.39 is 32.0 Å². The molecule has 1 saturated heterocycles. The minimum atomic E-state index is -4.03. The molecule has 1 N–H and O–H groups in total. The van der Waals surface area contributed by atoms with Crippen LogP contribution in [-0.4, -0.2) is 78.9 Å². The Labute approximate surface area is 239 Å². The summed E-state index contributed by atoms with van der Waals surface area (Å²) in [5, 5.41) is 2.69. The number of anilines is 2. The Bertz CT molecular complexity index is 1610. The molecule has 11 nitrogen and oxygen atoms in total. The quantitative estimate of drug-likeness (QED) is 0.376. The van der Waals surface area contributed by atoms with Crippen molar-refractivity contribution in [2.24, 2.45) is 0 Å². The number of amides is 1. The monoisotopic (exact) mass is 606 g/mol. The van der Waals surface area contributed by atoms with Gasteiger partial charge < -0.3 is 14.8 Å². The molecule has 1 fully saturated rings. The number of carbonyl (C=O) groups excluding carboxylic acids is 1. The van der Waals surface area contributed by atoms with Crippen LogP contribution in [0.15, 0.2) is 71.6 Å². The highest BCUT2D eigenvalue weighted by atomic mass is 32.2. The van der Waals surface area contributed by atoms with Crippen LogP contribution in [0.25, 0.3) is 0 Å². The molecule has 41 heavy (non-hydrogen) atoms. The van der Waals surface area contributed by atoms with Gasteiger partial charge in [0.2, 0.25) is 10.0 Å². The van der Waals surface area contributed by atoms with Gasteiger partial charge in [-0.1, -0.05) is 24.3 Å². The van der Waals surface area contributed by atoms with Crippen molar-refractivity contribution in [3.63, 3.8) is 0 Å². The summed E-state index contributed by atoms with van der Waals surface area (Å²) in [4.78, 5) is 12.9. The van der Waals surface area contributed by atoms with Gasteiger partial charge in [-0.25, -0.2) is 12.8 Å². The van der Waals surface area contributed by atoms with Gasteiger partial charge in [-0.2, -0.15) is 17.0 Å². The summed E-state index contributed by atoms with van der Waals surface area (Å²) < 4.78 is 80.7. The van der Waals surface area contributed by atoms with Crippen molar-refractivity contribution in [1.29, 1.82) is 0 Å². The van der Waals surface area contributed by atoms with E-state index in [4.69, 9.17) is 9.47 Å². The molecule has 0 aliphatic carbocycles. The van der Waals surface area contributed by atoms with Gasteiger partial charge in [0, 0.05) is 38.4 Å². The molecule has 1 aliphatic rings. The topological polar surface area (TPSA) is 126 Å². The van der Waals surface area contributed by atoms with E-state index in [0.717, 1.165) is 8.61 Å². The van der Waals surface area contributed by atoms with Crippen LogP contribution in [0, 0.1) is 5.82 Å². The number of hydrogen-bond donors (Lipinski definition) is 1. The Morgan fingerprint density at radius 2 is 1.66 bits per heavy atom. The number of nitrogens with one attached hydrogen (secondary N) is 1. The second kappa shape index (κ2) is 12.5. The summed E-state index contributed by atoms with van der Waals surface area (Å²) in [6.45, 7) is 0.808. The van der Waals surface area contributed by atoms with Crippen LogP contribution >= 0.6 is 0 Å². The lowest BCUT2D eigenvalue weighted by Gasteiger charge is -2.27. The van der Waals surface area contributed by atoms with E-state index in [1.54, 1.807) is 18.2 Å². The van der Waals surface area contributed by atoms with Gasteiger partial charge in [0.1, 0.15) is 16.5 Å². The predicted octanol–water partition coefficient (Wildman–Crippen LogP) is 2.92. The number of morpholine rings is 1. The molecule has 220 valence electrons. The number of methoxy groups -OCH3 is 1. The lowest BCUT2D eigenvalue weighted by Crippen LogP contribution is -2.40. The molecule has 0 bridgehead atoms. The van der Waals surface area contributed by atoms with Crippen molar-refractivity contribution in [1.82, 2.24) is 8.61 Å². The molecule has 4 rings (SSSR count). The first kappa shape index (κ1) is 30.4. The summed E-state index contributed by atoms with van der Waals surface area (Å²) >= 11 is 0. The highest BCUT2D eigenvalue weighted by Crippen LogP contribution is 2.31. The van der Waals surface area contributed by atoms with Crippen LogP contribution in [0.4, 0.5) is 15.8 Å². The standard InChI is InChI=1S/C27H31FN4O7S2/c1-30(2)41(36,37)32(24-7-5-4-6-23(24)28)19-20-8-10-21(11-9-20)27(33)29-22-12-13-25(38-3)26(18-22)40(34,35)31-14-16-39-17-15-31/h4-13,18H,14-17,19H2,1-3H3,(H,29,33). The van der Waals surface area contributed by atoms with E-state index in [9.17, 15) is 26.0 Å². The number of hydrogen-bond acceptors (Lipinski definition) is 7. The number of sulfonamides is 1. The Kier molecular flexibility index (Phi) is 9.29. The minimum absolute atomic E-state index is 0.0783. The minimum Gasteiger partial charge on any atom is -0.495 e. The van der Waals surface area contributed by atoms with Gasteiger partial charge in [0.15, 0.2) is 0 Å². The molecular weight excluding hydrogens is 575 g/mol. The first-order chi connectivity index (χ1) is 19.4. The van der Waals surface area contributed by atoms with Crippen LogP contribution in [0.2, 0.25) is 0 Å². The van der Waals surface area contributed by atoms with Crippen molar-refractivity contribution in [2.75, 3.05) is 57.1 Å². The fraction of sp³-hybridized carbons (Fsp3) is 0.296. The number of para-hydroxylation sites is 1. The van der Waals surface area contributed by atoms with Gasteiger partial charge in [0.05, 0.1) is 32.6 Å². The van der Waals surface area contributed by atoms with Gasteiger partial charge in [0.25, 0.3) is 5.91 Å². The van der Waals surface area contributed by atoms with Crippen LogP contribution in [0.1, 0.15) is 15.9 Å². The van der Waals surface area contributed by atoms with E-state index in [1.807, 2.05) is 0 Å². The zero-order valence-electron chi connectivity index (χ0n) is 22.8. The molecule has 0 radical (unpaired) electrons. The molecule has 1 heterocycles. The third-order valence-corrected chi connectivity index (χ3v) is 10.1. The molecule has 1 aliphatic heterocycles. The van der Waals surface area contributed by atoms with E-state index in [-0.39, 0.29) is 60.4 Å². The smallest absolute Gasteiger partial charge is 0.303 e. The molecule has 0 aromatic heterocycles. The molecule has 0 unspecified atom stereocenters. The van der Waals surface area contributed by atoms with Crippen LogP contribution in [0.3, 0.4) is 0 Å². The van der Waals surface area contributed by atoms with Gasteiger partial charge in [-0.05, 0) is 48.0 Å². The summed E-state index contributed by atoms with van der Waals surface area (Å²) in [6, 6.07) is 16.0. The van der Waals surface area contributed by atoms with Crippen molar-refractivity contribution in [2.45, 2.75) is 11.4 Å². The molecular formula is C27H31FN4O7S2. The van der Waals surface area contributed by atoms with Gasteiger partial charge in [-0.3, -0.25) is 9.10 Å². The summed E-state index contributed by atoms with van der Waals surface area (Å²) in [6.07, 6.45) is 0. The highest BCUT2D eigenvalue weighted by molar-refractivity contribution is 7.90. The average Bonchev–Trinajstić information content (AvgIpc) is 2.97. The van der Waals surface area contributed by atoms with Crippen molar-refractivity contribution < 1.29 is 35.5 Å². The van der Waals surface area contributed by atoms with Crippen molar-refractivity contribution >= 4 is 37.5 Å². The Balaban J connectivity index is 1.54. The Hall–Kier alpha value is -3.56. The normalized spacial score (nSPS) is 14.6. The largest absolute Gasteiger partial charge is 0.495 e. The van der Waals surface area contributed by atoms with Gasteiger partial charge >= 0.3 is 10.2 Å². The molecule has 1 amide bonds. The molecule has 3 aromatic carbocycles. The number of nitrogens with zero attached hydrogens (tertiary/aromatic N) is 3. The maximum absolute atomic E-state index is 14.5. The number of halogens is 1. The summed E-state index contributed by atoms with van der Waals surface area (Å²) in [5.74, 6) is -1.06. The van der Waals surface area contributed by atoms with Crippen molar-refractivity contribution in [3.8, 4) is 5.75 Å². The zero-order chi connectivity index (χ0) is 29.8. The van der Waals surface area contributed by atoms with Crippen LogP contribution < -0.4 is 14.4 Å². The maximum Gasteiger partial charge on any atom is 0.303 e. The highest BCUT2D eigenvalue weighted by Gasteiger charge is 2.30. The predicted molar refractivity (Wildman–Crippen MR) is 152 cm³/mol. The number of ether oxygens (including phenoxy) is 2. The fourth-order valence-electron chi connectivity index (χ4n) is 4.15. The van der Waals surface area contributed by atoms with Gasteiger partial charge in [-0.15, -0.1) is 0 Å². The van der Waals surface area contributed by atoms with Crippen molar-refractivity contribution in [3.05, 3.63) is 83.7 Å². The van der Waals surface area contributed by atoms with E-state index in [2.05, 4.69) is 5.32 Å². The molecule has 3 aromatic rings. The molecule has 14 heteroatoms. The third-order valence-electron chi connectivity index (χ3n) is 6.41. The second-order valence-corrected chi connectivity index (χ2v) is 13.3. The first-order valence-corrected chi connectivity index (χ1v) is 15.4. The zero-order valence-corrected chi connectivity index (χ0v) is 24.4. The fourth-order valence-corrected chi connectivity index (χ4v) is 6.85. The number of carbonyl (C=O) groups is 1. The average molecular weight is 607 g/mol. The lowest BCUT2D eigenvalue weighted by molar-refractivity contribution is 0.0729. The Morgan fingerprint density at radius 1 is 1.00 bits per heavy atom. The van der Waals surface area contributed by atoms with E-state index in [1.165, 1.54) is 74.0 Å². The lowest BCUT2D eigenvalue weighted by atomic mass is 10.1. The third kappa shape index (κ3) is 6.68. The molecule has 0 atom stereocenters. The summed E-state index contributed by atoms with van der Waals surface area (Å²) in [7, 11) is -3.85. The number of benzene rings is 3. The SMILES string of the molecule is COc1ccc(NC(=O)c2ccc(CN(c3ccccc3F)S(=O)(=O)N(C)C)cc2)cc1S(=O)(=O)N1CCOCC1. The molecule has 0 saturated carbocycles. The van der Waals surface area contributed by atoms with Crippen LogP contribution in [-0.2, 0) is 31.5 Å². The Morgan fingerprint density at radius 3 is 2.27 bits per heavy atom. The maximum atomic E-state index is 14.5. The number of rotatable bonds is 10. The molecule has 0 spiro atoms. The summed E-state index contributed by atoms with van der Waals surface area (Å²) in [5.41, 5.74) is 0.897. The van der Waals surface area contributed by atoms with Crippen LogP contribution in [0.5, 0.6) is 5.75 Å². The van der Waals surface area contributed by atoms with E-state index in [0.29, 0.717) is 5.56 Å².